The van der Waals surface area contributed by atoms with E-state index in [-0.39, 0.29) is 12.5 Å². The Kier molecular flexibility index (Phi) is 5.57. The lowest BCUT2D eigenvalue weighted by Crippen LogP contribution is -2.31. The van der Waals surface area contributed by atoms with Crippen LogP contribution in [0.4, 0.5) is 5.69 Å². The molecule has 1 aromatic rings. The standard InChI is InChI=1S/C15H21BrN2O2/c1-11-8-13(2-3-14(11)16)17-15(20)10-18-6-4-12(9-18)5-7-19/h2-3,8,12,19H,4-7,9-10H2,1H3,(H,17,20). The summed E-state index contributed by atoms with van der Waals surface area (Å²) in [7, 11) is 0. The Labute approximate surface area is 128 Å². The summed E-state index contributed by atoms with van der Waals surface area (Å²) in [5, 5.41) is 11.9. The van der Waals surface area contributed by atoms with E-state index < -0.39 is 0 Å². The van der Waals surface area contributed by atoms with Gasteiger partial charge in [-0.15, -0.1) is 0 Å². The molecule has 1 heterocycles. The molecular formula is C15H21BrN2O2. The van der Waals surface area contributed by atoms with Crippen molar-refractivity contribution in [1.82, 2.24) is 4.90 Å². The summed E-state index contributed by atoms with van der Waals surface area (Å²) in [5.41, 5.74) is 1.94. The Bertz CT molecular complexity index is 479. The van der Waals surface area contributed by atoms with Gasteiger partial charge < -0.3 is 10.4 Å². The van der Waals surface area contributed by atoms with Crippen LogP contribution in [-0.4, -0.2) is 42.2 Å². The number of aryl methyl sites for hydroxylation is 1. The number of aliphatic hydroxyl groups excluding tert-OH is 1. The molecule has 0 radical (unpaired) electrons. The van der Waals surface area contributed by atoms with Crippen molar-refractivity contribution >= 4 is 27.5 Å². The van der Waals surface area contributed by atoms with E-state index in [1.807, 2.05) is 25.1 Å². The summed E-state index contributed by atoms with van der Waals surface area (Å²) in [5.74, 6) is 0.555. The van der Waals surface area contributed by atoms with Gasteiger partial charge in [-0.1, -0.05) is 15.9 Å². The van der Waals surface area contributed by atoms with Gasteiger partial charge >= 0.3 is 0 Å². The fraction of sp³-hybridized carbons (Fsp3) is 0.533. The maximum atomic E-state index is 12.0. The molecule has 0 aliphatic carbocycles. The number of carbonyl (C=O) groups is 1. The number of nitrogens with one attached hydrogen (secondary N) is 1. The van der Waals surface area contributed by atoms with Gasteiger partial charge in [0.15, 0.2) is 0 Å². The summed E-state index contributed by atoms with van der Waals surface area (Å²) in [6.07, 6.45) is 1.91. The molecule has 2 N–H and O–H groups in total. The van der Waals surface area contributed by atoms with Crippen molar-refractivity contribution in [2.24, 2.45) is 5.92 Å². The lowest BCUT2D eigenvalue weighted by Gasteiger charge is -2.15. The molecule has 1 fully saturated rings. The molecule has 0 spiro atoms. The van der Waals surface area contributed by atoms with Crippen molar-refractivity contribution < 1.29 is 9.90 Å². The number of nitrogens with zero attached hydrogens (tertiary/aromatic N) is 1. The third kappa shape index (κ3) is 4.30. The van der Waals surface area contributed by atoms with Crippen LogP contribution in [0.25, 0.3) is 0 Å². The van der Waals surface area contributed by atoms with Gasteiger partial charge in [0, 0.05) is 23.3 Å². The van der Waals surface area contributed by atoms with E-state index in [1.165, 1.54) is 0 Å². The molecule has 0 saturated carbocycles. The number of rotatable bonds is 5. The molecule has 2 rings (SSSR count). The van der Waals surface area contributed by atoms with Crippen LogP contribution in [0.5, 0.6) is 0 Å². The number of halogens is 1. The Morgan fingerprint density at radius 3 is 3.05 bits per heavy atom. The van der Waals surface area contributed by atoms with Crippen LogP contribution in [0.2, 0.25) is 0 Å². The summed E-state index contributed by atoms with van der Waals surface area (Å²) in [6, 6.07) is 5.80. The molecule has 110 valence electrons. The Morgan fingerprint density at radius 1 is 1.55 bits per heavy atom. The second-order valence-electron chi connectivity index (χ2n) is 5.41. The molecule has 1 atom stereocenters. The summed E-state index contributed by atoms with van der Waals surface area (Å²) in [4.78, 5) is 14.2. The molecule has 1 aromatic carbocycles. The van der Waals surface area contributed by atoms with Crippen molar-refractivity contribution in [3.63, 3.8) is 0 Å². The first kappa shape index (κ1) is 15.5. The average molecular weight is 341 g/mol. The highest BCUT2D eigenvalue weighted by atomic mass is 79.9. The SMILES string of the molecule is Cc1cc(NC(=O)CN2CCC(CCO)C2)ccc1Br. The number of aliphatic hydroxyl groups is 1. The van der Waals surface area contributed by atoms with E-state index in [9.17, 15) is 4.79 Å². The largest absolute Gasteiger partial charge is 0.396 e. The molecule has 1 saturated heterocycles. The predicted octanol–water partition coefficient (Wildman–Crippen LogP) is 2.40. The smallest absolute Gasteiger partial charge is 0.238 e. The van der Waals surface area contributed by atoms with Crippen LogP contribution in [0, 0.1) is 12.8 Å². The zero-order chi connectivity index (χ0) is 14.5. The maximum Gasteiger partial charge on any atom is 0.238 e. The molecule has 20 heavy (non-hydrogen) atoms. The highest BCUT2D eigenvalue weighted by molar-refractivity contribution is 9.10. The summed E-state index contributed by atoms with van der Waals surface area (Å²) < 4.78 is 1.04. The van der Waals surface area contributed by atoms with Crippen LogP contribution < -0.4 is 5.32 Å². The quantitative estimate of drug-likeness (QED) is 0.865. The van der Waals surface area contributed by atoms with Gasteiger partial charge in [0.1, 0.15) is 0 Å². The normalized spacial score (nSPS) is 19.2. The topological polar surface area (TPSA) is 52.6 Å². The van der Waals surface area contributed by atoms with Crippen molar-refractivity contribution in [3.8, 4) is 0 Å². The predicted molar refractivity (Wildman–Crippen MR) is 83.8 cm³/mol. The van der Waals surface area contributed by atoms with E-state index >= 15 is 0 Å². The summed E-state index contributed by atoms with van der Waals surface area (Å²) >= 11 is 3.45. The lowest BCUT2D eigenvalue weighted by molar-refractivity contribution is -0.117. The number of amides is 1. The third-order valence-corrected chi connectivity index (χ3v) is 4.61. The van der Waals surface area contributed by atoms with Crippen molar-refractivity contribution in [2.45, 2.75) is 19.8 Å². The van der Waals surface area contributed by atoms with Gasteiger partial charge in [-0.05, 0) is 56.0 Å². The van der Waals surface area contributed by atoms with Gasteiger partial charge in [0.25, 0.3) is 0 Å². The first-order chi connectivity index (χ1) is 9.58. The highest BCUT2D eigenvalue weighted by Crippen LogP contribution is 2.21. The average Bonchev–Trinajstić information content (AvgIpc) is 2.81. The zero-order valence-electron chi connectivity index (χ0n) is 11.7. The fourth-order valence-electron chi connectivity index (χ4n) is 2.60. The van der Waals surface area contributed by atoms with E-state index in [1.54, 1.807) is 0 Å². The van der Waals surface area contributed by atoms with Crippen molar-refractivity contribution in [1.29, 1.82) is 0 Å². The molecule has 4 nitrogen and oxygen atoms in total. The van der Waals surface area contributed by atoms with Crippen LogP contribution in [0.15, 0.2) is 22.7 Å². The van der Waals surface area contributed by atoms with Crippen LogP contribution in [0.1, 0.15) is 18.4 Å². The number of anilines is 1. The molecule has 1 unspecified atom stereocenters. The van der Waals surface area contributed by atoms with E-state index in [0.717, 1.165) is 41.7 Å². The maximum absolute atomic E-state index is 12.0. The molecule has 1 amide bonds. The Balaban J connectivity index is 1.82. The molecule has 0 bridgehead atoms. The van der Waals surface area contributed by atoms with E-state index in [0.29, 0.717) is 12.5 Å². The third-order valence-electron chi connectivity index (χ3n) is 3.72. The monoisotopic (exact) mass is 340 g/mol. The van der Waals surface area contributed by atoms with Crippen LogP contribution in [0.3, 0.4) is 0 Å². The van der Waals surface area contributed by atoms with Gasteiger partial charge in [-0.25, -0.2) is 0 Å². The fourth-order valence-corrected chi connectivity index (χ4v) is 2.85. The van der Waals surface area contributed by atoms with Crippen LogP contribution in [-0.2, 0) is 4.79 Å². The van der Waals surface area contributed by atoms with E-state index in [2.05, 4.69) is 26.1 Å². The minimum Gasteiger partial charge on any atom is -0.396 e. The second kappa shape index (κ2) is 7.20. The van der Waals surface area contributed by atoms with Gasteiger partial charge in [0.2, 0.25) is 5.91 Å². The number of carbonyl (C=O) groups excluding carboxylic acids is 1. The number of hydrogen-bond acceptors (Lipinski definition) is 3. The molecule has 5 heteroatoms. The Morgan fingerprint density at radius 2 is 2.35 bits per heavy atom. The van der Waals surface area contributed by atoms with Crippen molar-refractivity contribution in [2.75, 3.05) is 31.6 Å². The number of benzene rings is 1. The van der Waals surface area contributed by atoms with Crippen molar-refractivity contribution in [3.05, 3.63) is 28.2 Å². The van der Waals surface area contributed by atoms with E-state index in [4.69, 9.17) is 5.11 Å². The minimum absolute atomic E-state index is 0.0244. The van der Waals surface area contributed by atoms with Gasteiger partial charge in [0.05, 0.1) is 6.54 Å². The van der Waals surface area contributed by atoms with Gasteiger partial charge in [-0.3, -0.25) is 9.69 Å². The van der Waals surface area contributed by atoms with Crippen LogP contribution >= 0.6 is 15.9 Å². The molecule has 1 aliphatic heterocycles. The number of hydrogen-bond donors (Lipinski definition) is 2. The summed E-state index contributed by atoms with van der Waals surface area (Å²) in [6.45, 7) is 4.52. The molecule has 1 aliphatic rings. The molecular weight excluding hydrogens is 320 g/mol. The number of likely N-dealkylation sites (tertiary alicyclic amines) is 1. The minimum atomic E-state index is 0.0244. The highest BCUT2D eigenvalue weighted by Gasteiger charge is 2.23. The first-order valence-corrected chi connectivity index (χ1v) is 7.77. The lowest BCUT2D eigenvalue weighted by atomic mass is 10.1. The zero-order valence-corrected chi connectivity index (χ0v) is 13.3. The first-order valence-electron chi connectivity index (χ1n) is 6.97. The molecule has 0 aromatic heterocycles. The Hall–Kier alpha value is -0.910. The second-order valence-corrected chi connectivity index (χ2v) is 6.27. The van der Waals surface area contributed by atoms with Gasteiger partial charge in [-0.2, -0.15) is 0 Å².